The lowest BCUT2D eigenvalue weighted by atomic mass is 10.1. The normalized spacial score (nSPS) is 16.1. The highest BCUT2D eigenvalue weighted by Crippen LogP contribution is 2.26. The smallest absolute Gasteiger partial charge is 0.282 e. The van der Waals surface area contributed by atoms with Gasteiger partial charge in [-0.05, 0) is 48.4 Å². The first kappa shape index (κ1) is 15.1. The van der Waals surface area contributed by atoms with Crippen molar-refractivity contribution >= 4 is 35.2 Å². The number of anilines is 1. The fourth-order valence-corrected chi connectivity index (χ4v) is 2.37. The van der Waals surface area contributed by atoms with Crippen LogP contribution in [0.3, 0.4) is 0 Å². The molecule has 0 radical (unpaired) electrons. The molecule has 0 bridgehead atoms. The lowest BCUT2D eigenvalue weighted by Gasteiger charge is -2.15. The van der Waals surface area contributed by atoms with E-state index in [-0.39, 0.29) is 11.3 Å². The molecule has 1 saturated heterocycles. The third-order valence-corrected chi connectivity index (χ3v) is 3.92. The average molecular weight is 329 g/mol. The molecule has 0 saturated carbocycles. The van der Waals surface area contributed by atoms with Gasteiger partial charge in [-0.1, -0.05) is 29.8 Å². The van der Waals surface area contributed by atoms with Crippen molar-refractivity contribution in [1.82, 2.24) is 5.43 Å². The summed E-state index contributed by atoms with van der Waals surface area (Å²) < 4.78 is 0. The van der Waals surface area contributed by atoms with Crippen molar-refractivity contribution in [2.24, 2.45) is 0 Å². The fraction of sp³-hybridized carbons (Fsp3) is 0.0588. The van der Waals surface area contributed by atoms with Crippen molar-refractivity contribution in [1.29, 1.82) is 0 Å². The second kappa shape index (κ2) is 5.78. The molecule has 2 aromatic rings. The van der Waals surface area contributed by atoms with Crippen LogP contribution in [-0.2, 0) is 9.59 Å². The third kappa shape index (κ3) is 2.91. The van der Waals surface area contributed by atoms with Gasteiger partial charge >= 0.3 is 0 Å². The topological polar surface area (TPSA) is 69.6 Å². The van der Waals surface area contributed by atoms with Crippen LogP contribution >= 0.6 is 11.6 Å². The molecule has 0 aromatic heterocycles. The van der Waals surface area contributed by atoms with Crippen LogP contribution in [0.4, 0.5) is 5.69 Å². The minimum absolute atomic E-state index is 0.0207. The molecule has 5 nitrogen and oxygen atoms in total. The van der Waals surface area contributed by atoms with E-state index >= 15 is 0 Å². The van der Waals surface area contributed by atoms with Gasteiger partial charge in [0.25, 0.3) is 11.8 Å². The number of nitrogens with zero attached hydrogens (tertiary/aromatic N) is 1. The Hall–Kier alpha value is -2.79. The summed E-state index contributed by atoms with van der Waals surface area (Å²) in [5.41, 5.74) is 4.56. The number of hydrazine groups is 1. The average Bonchev–Trinajstić information content (AvgIpc) is 2.80. The molecular weight excluding hydrogens is 316 g/mol. The summed E-state index contributed by atoms with van der Waals surface area (Å²) >= 11 is 6.07. The Balaban J connectivity index is 1.93. The van der Waals surface area contributed by atoms with Crippen LogP contribution in [0.2, 0.25) is 5.02 Å². The van der Waals surface area contributed by atoms with Gasteiger partial charge in [0.2, 0.25) is 0 Å². The predicted octanol–water partition coefficient (Wildman–Crippen LogP) is 2.82. The minimum atomic E-state index is -0.486. The predicted molar refractivity (Wildman–Crippen MR) is 87.9 cm³/mol. The monoisotopic (exact) mass is 328 g/mol. The molecule has 2 aromatic carbocycles. The van der Waals surface area contributed by atoms with Crippen LogP contribution in [-0.4, -0.2) is 16.9 Å². The summed E-state index contributed by atoms with van der Waals surface area (Å²) in [6, 6.07) is 11.3. The van der Waals surface area contributed by atoms with Gasteiger partial charge in [-0.25, -0.2) is 5.01 Å². The minimum Gasteiger partial charge on any atom is -0.508 e. The molecule has 1 aliphatic rings. The first-order chi connectivity index (χ1) is 11.0. The van der Waals surface area contributed by atoms with Gasteiger partial charge < -0.3 is 5.11 Å². The Bertz CT molecular complexity index is 828. The summed E-state index contributed by atoms with van der Waals surface area (Å²) in [5, 5.41) is 11.0. The quantitative estimate of drug-likeness (QED) is 0.658. The second-order valence-electron chi connectivity index (χ2n) is 5.16. The maximum Gasteiger partial charge on any atom is 0.282 e. The summed E-state index contributed by atoms with van der Waals surface area (Å²) in [7, 11) is 0. The molecule has 23 heavy (non-hydrogen) atoms. The van der Waals surface area contributed by atoms with Gasteiger partial charge in [0.05, 0.1) is 5.69 Å². The van der Waals surface area contributed by atoms with Crippen molar-refractivity contribution in [2.45, 2.75) is 6.92 Å². The van der Waals surface area contributed by atoms with Crippen molar-refractivity contribution in [2.75, 3.05) is 5.01 Å². The number of halogens is 1. The largest absolute Gasteiger partial charge is 0.508 e. The standard InChI is InChI=1S/C17H13ClN2O3/c1-10-2-5-12(9-15(10)18)20-17(23)14(16(22)19-20)8-11-3-6-13(21)7-4-11/h2-9,21H,1H3,(H,19,22). The van der Waals surface area contributed by atoms with Crippen LogP contribution in [0.15, 0.2) is 48.0 Å². The fourth-order valence-electron chi connectivity index (χ4n) is 2.20. The number of nitrogens with one attached hydrogen (secondary N) is 1. The first-order valence-corrected chi connectivity index (χ1v) is 7.26. The van der Waals surface area contributed by atoms with E-state index in [1.165, 1.54) is 23.2 Å². The van der Waals surface area contributed by atoms with Gasteiger partial charge in [-0.2, -0.15) is 0 Å². The van der Waals surface area contributed by atoms with Gasteiger partial charge in [0.15, 0.2) is 0 Å². The third-order valence-electron chi connectivity index (χ3n) is 3.51. The number of carbonyl (C=O) groups excluding carboxylic acids is 2. The molecule has 0 atom stereocenters. The first-order valence-electron chi connectivity index (χ1n) is 6.88. The van der Waals surface area contributed by atoms with Crippen molar-refractivity contribution < 1.29 is 14.7 Å². The molecule has 2 amide bonds. The Labute approximate surface area is 137 Å². The van der Waals surface area contributed by atoms with Crippen molar-refractivity contribution in [3.8, 4) is 5.75 Å². The molecule has 2 N–H and O–H groups in total. The van der Waals surface area contributed by atoms with E-state index in [9.17, 15) is 14.7 Å². The van der Waals surface area contributed by atoms with Crippen LogP contribution < -0.4 is 10.4 Å². The second-order valence-corrected chi connectivity index (χ2v) is 5.57. The number of phenolic OH excluding ortho intramolecular Hbond substituents is 1. The van der Waals surface area contributed by atoms with Crippen LogP contribution in [0, 0.1) is 6.92 Å². The van der Waals surface area contributed by atoms with E-state index in [1.807, 2.05) is 6.92 Å². The van der Waals surface area contributed by atoms with Gasteiger partial charge in [0.1, 0.15) is 11.3 Å². The summed E-state index contributed by atoms with van der Waals surface area (Å²) in [6.07, 6.45) is 1.48. The van der Waals surface area contributed by atoms with E-state index in [1.54, 1.807) is 30.3 Å². The molecule has 3 rings (SSSR count). The number of hydrogen-bond acceptors (Lipinski definition) is 3. The number of amides is 2. The zero-order valence-corrected chi connectivity index (χ0v) is 13.0. The Morgan fingerprint density at radius 2 is 1.83 bits per heavy atom. The highest BCUT2D eigenvalue weighted by Gasteiger charge is 2.34. The van der Waals surface area contributed by atoms with E-state index in [4.69, 9.17) is 11.6 Å². The zero-order chi connectivity index (χ0) is 16.6. The zero-order valence-electron chi connectivity index (χ0n) is 12.2. The molecule has 1 heterocycles. The maximum atomic E-state index is 12.5. The number of benzene rings is 2. The number of hydrogen-bond donors (Lipinski definition) is 2. The number of aryl methyl sites for hydroxylation is 1. The summed E-state index contributed by atoms with van der Waals surface area (Å²) in [6.45, 7) is 1.85. The highest BCUT2D eigenvalue weighted by atomic mass is 35.5. The molecule has 1 fully saturated rings. The number of carbonyl (C=O) groups is 2. The Morgan fingerprint density at radius 1 is 1.13 bits per heavy atom. The molecule has 0 aliphatic carbocycles. The van der Waals surface area contributed by atoms with E-state index in [2.05, 4.69) is 5.43 Å². The molecular formula is C17H13ClN2O3. The van der Waals surface area contributed by atoms with E-state index < -0.39 is 11.8 Å². The van der Waals surface area contributed by atoms with E-state index in [0.29, 0.717) is 16.3 Å². The molecule has 0 spiro atoms. The molecule has 0 unspecified atom stereocenters. The summed E-state index contributed by atoms with van der Waals surface area (Å²) in [4.78, 5) is 24.5. The number of aromatic hydroxyl groups is 1. The van der Waals surface area contributed by atoms with Gasteiger partial charge in [-0.3, -0.25) is 15.0 Å². The highest BCUT2D eigenvalue weighted by molar-refractivity contribution is 6.33. The maximum absolute atomic E-state index is 12.5. The SMILES string of the molecule is Cc1ccc(N2NC(=O)C(=Cc3ccc(O)cc3)C2=O)cc1Cl. The van der Waals surface area contributed by atoms with Crippen LogP contribution in [0.1, 0.15) is 11.1 Å². The lowest BCUT2D eigenvalue weighted by Crippen LogP contribution is -2.35. The lowest BCUT2D eigenvalue weighted by molar-refractivity contribution is -0.117. The molecule has 6 heteroatoms. The van der Waals surface area contributed by atoms with Crippen LogP contribution in [0.5, 0.6) is 5.75 Å². The molecule has 1 aliphatic heterocycles. The van der Waals surface area contributed by atoms with Gasteiger partial charge in [-0.15, -0.1) is 0 Å². The number of rotatable bonds is 2. The van der Waals surface area contributed by atoms with E-state index in [0.717, 1.165) is 5.56 Å². The molecule has 116 valence electrons. The van der Waals surface area contributed by atoms with Crippen molar-refractivity contribution in [3.05, 3.63) is 64.2 Å². The Kier molecular flexibility index (Phi) is 3.80. The van der Waals surface area contributed by atoms with Gasteiger partial charge in [0, 0.05) is 5.02 Å². The Morgan fingerprint density at radius 3 is 2.48 bits per heavy atom. The van der Waals surface area contributed by atoms with Crippen LogP contribution in [0.25, 0.3) is 6.08 Å². The summed E-state index contributed by atoms with van der Waals surface area (Å²) in [5.74, 6) is -0.826. The number of phenols is 1. The van der Waals surface area contributed by atoms with Crippen molar-refractivity contribution in [3.63, 3.8) is 0 Å².